The molecule has 19 heteroatoms. The van der Waals surface area contributed by atoms with Crippen LogP contribution in [0.2, 0.25) is 0 Å². The zero-order chi connectivity index (χ0) is 73.8. The van der Waals surface area contributed by atoms with Crippen LogP contribution in [-0.2, 0) is 65.4 Å². The van der Waals surface area contributed by atoms with E-state index in [-0.39, 0.29) is 25.7 Å². The van der Waals surface area contributed by atoms with E-state index in [1.54, 1.807) is 0 Å². The normalized spacial score (nSPS) is 14.0. The van der Waals surface area contributed by atoms with Crippen molar-refractivity contribution in [3.63, 3.8) is 0 Å². The third-order valence-electron chi connectivity index (χ3n) is 18.8. The van der Waals surface area contributed by atoms with Gasteiger partial charge in [-0.1, -0.05) is 364 Å². The van der Waals surface area contributed by atoms with Crippen LogP contribution in [0.4, 0.5) is 0 Å². The summed E-state index contributed by atoms with van der Waals surface area (Å²) in [7, 11) is -9.92. The molecule has 0 saturated carbocycles. The van der Waals surface area contributed by atoms with E-state index in [0.29, 0.717) is 25.7 Å². The molecule has 17 nitrogen and oxygen atoms in total. The SMILES string of the molecule is CC(C)CCCCCCCCCCCCCCCCCC(=O)O[C@H](COC(=O)CCCCCCCCCCCCCCCC(C)C)COP(=O)(O)OC[C@@H](O)COP(=O)(O)OC[C@@H](COC(=O)CCCCCCCCCCCC(C)C)OC(=O)CCCCCCCCCCCCCC(C)C. The van der Waals surface area contributed by atoms with Gasteiger partial charge in [0, 0.05) is 25.7 Å². The Bertz CT molecular complexity index is 1950. The zero-order valence-electron chi connectivity index (χ0n) is 65.8. The van der Waals surface area contributed by atoms with Crippen LogP contribution in [0.3, 0.4) is 0 Å². The molecule has 0 aromatic rings. The molecule has 0 fully saturated rings. The molecule has 0 aliphatic rings. The number of aliphatic hydroxyl groups excluding tert-OH is 1. The van der Waals surface area contributed by atoms with Crippen molar-refractivity contribution in [2.75, 3.05) is 39.6 Å². The second kappa shape index (κ2) is 70.1. The molecular weight excluding hydrogens is 1310 g/mol. The number of carbonyl (C=O) groups excluding carboxylic acids is 4. The maximum Gasteiger partial charge on any atom is 0.472 e. The molecule has 0 rings (SSSR count). The fourth-order valence-corrected chi connectivity index (χ4v) is 14.0. The van der Waals surface area contributed by atoms with Crippen LogP contribution in [0.5, 0.6) is 0 Å². The Balaban J connectivity index is 5.27. The monoisotopic (exact) mass is 1470 g/mol. The minimum atomic E-state index is -4.96. The van der Waals surface area contributed by atoms with Crippen LogP contribution in [0.25, 0.3) is 0 Å². The average molecular weight is 1470 g/mol. The van der Waals surface area contributed by atoms with Crippen LogP contribution in [0, 0.1) is 23.7 Å². The molecule has 0 aromatic carbocycles. The van der Waals surface area contributed by atoms with Gasteiger partial charge in [0.15, 0.2) is 12.2 Å². The molecule has 0 heterocycles. The van der Waals surface area contributed by atoms with Crippen molar-refractivity contribution >= 4 is 39.5 Å². The molecule has 5 atom stereocenters. The molecule has 0 amide bonds. The molecule has 0 bridgehead atoms. The predicted octanol–water partition coefficient (Wildman–Crippen LogP) is 24.0. The summed E-state index contributed by atoms with van der Waals surface area (Å²) in [6.07, 6.45) is 56.8. The van der Waals surface area contributed by atoms with Crippen molar-refractivity contribution in [2.45, 2.75) is 433 Å². The lowest BCUT2D eigenvalue weighted by atomic mass is 10.0. The van der Waals surface area contributed by atoms with E-state index < -0.39 is 97.5 Å². The highest BCUT2D eigenvalue weighted by molar-refractivity contribution is 7.47. The van der Waals surface area contributed by atoms with Gasteiger partial charge in [0.05, 0.1) is 26.4 Å². The summed E-state index contributed by atoms with van der Waals surface area (Å²) in [6, 6.07) is 0. The lowest BCUT2D eigenvalue weighted by Gasteiger charge is -2.21. The van der Waals surface area contributed by atoms with Crippen LogP contribution in [0.1, 0.15) is 415 Å². The smallest absolute Gasteiger partial charge is 0.462 e. The molecule has 0 saturated heterocycles. The van der Waals surface area contributed by atoms with Crippen molar-refractivity contribution in [1.82, 2.24) is 0 Å². The number of esters is 4. The number of aliphatic hydroxyl groups is 1. The third kappa shape index (κ3) is 74.3. The van der Waals surface area contributed by atoms with E-state index >= 15 is 0 Å². The standard InChI is InChI=1S/C81H158O17P2/c1-71(2)57-49-41-33-25-18-13-10-9-11-15-22-30-39-47-55-63-80(85)97-76(67-91-78(83)61-53-45-37-29-21-16-12-14-19-26-34-42-50-58-72(3)4)69-95-99(87,88)93-65-75(82)66-94-100(89,90)96-70-77(68-92-79(84)62-54-46-38-32-24-28-36-44-52-60-74(7)8)98-81(86)64-56-48-40-31-23-17-20-27-35-43-51-59-73(5)6/h71-77,82H,9-70H2,1-8H3,(H,87,88)(H,89,90)/t75-,76-,77-/m1/s1. The summed E-state index contributed by atoms with van der Waals surface area (Å²) in [4.78, 5) is 73.1. The number of phosphoric ester groups is 2. The van der Waals surface area contributed by atoms with Crippen molar-refractivity contribution in [3.8, 4) is 0 Å². The lowest BCUT2D eigenvalue weighted by molar-refractivity contribution is -0.161. The number of unbranched alkanes of at least 4 members (excludes halogenated alkanes) is 44. The molecule has 3 N–H and O–H groups in total. The zero-order valence-corrected chi connectivity index (χ0v) is 67.6. The Labute approximate surface area is 613 Å². The van der Waals surface area contributed by atoms with Crippen molar-refractivity contribution in [3.05, 3.63) is 0 Å². The molecular formula is C81H158O17P2. The highest BCUT2D eigenvalue weighted by atomic mass is 31.2. The molecule has 2 unspecified atom stereocenters. The van der Waals surface area contributed by atoms with Crippen molar-refractivity contribution < 1.29 is 80.2 Å². The highest BCUT2D eigenvalue weighted by Crippen LogP contribution is 2.45. The van der Waals surface area contributed by atoms with E-state index in [1.807, 2.05) is 0 Å². The first-order valence-electron chi connectivity index (χ1n) is 41.7. The molecule has 0 aromatic heterocycles. The first-order chi connectivity index (χ1) is 48.1. The topological polar surface area (TPSA) is 237 Å². The number of hydrogen-bond donors (Lipinski definition) is 3. The molecule has 0 aliphatic carbocycles. The second-order valence-corrected chi connectivity index (χ2v) is 34.0. The second-order valence-electron chi connectivity index (χ2n) is 31.1. The number of rotatable bonds is 78. The van der Waals surface area contributed by atoms with Gasteiger partial charge in [-0.2, -0.15) is 0 Å². The quantitative estimate of drug-likeness (QED) is 0.0222. The van der Waals surface area contributed by atoms with Gasteiger partial charge in [0.1, 0.15) is 19.3 Å². The van der Waals surface area contributed by atoms with Gasteiger partial charge >= 0.3 is 39.5 Å². The van der Waals surface area contributed by atoms with Gasteiger partial charge < -0.3 is 33.8 Å². The van der Waals surface area contributed by atoms with Crippen LogP contribution in [0.15, 0.2) is 0 Å². The number of carbonyl (C=O) groups is 4. The Morgan fingerprint density at radius 2 is 0.420 bits per heavy atom. The van der Waals surface area contributed by atoms with E-state index in [4.69, 9.17) is 37.0 Å². The van der Waals surface area contributed by atoms with Crippen molar-refractivity contribution in [2.24, 2.45) is 23.7 Å². The molecule has 0 aliphatic heterocycles. The fourth-order valence-electron chi connectivity index (χ4n) is 12.4. The predicted molar refractivity (Wildman–Crippen MR) is 409 cm³/mol. The minimum Gasteiger partial charge on any atom is -0.462 e. The van der Waals surface area contributed by atoms with E-state index in [2.05, 4.69) is 55.4 Å². The van der Waals surface area contributed by atoms with E-state index in [9.17, 15) is 43.2 Å². The van der Waals surface area contributed by atoms with Gasteiger partial charge in [0.2, 0.25) is 0 Å². The highest BCUT2D eigenvalue weighted by Gasteiger charge is 2.30. The van der Waals surface area contributed by atoms with Gasteiger partial charge in [0.25, 0.3) is 0 Å². The fraction of sp³-hybridized carbons (Fsp3) is 0.951. The van der Waals surface area contributed by atoms with Crippen LogP contribution >= 0.6 is 15.6 Å². The molecule has 0 radical (unpaired) electrons. The maximum absolute atomic E-state index is 13.1. The van der Waals surface area contributed by atoms with Gasteiger partial charge in [-0.25, -0.2) is 9.13 Å². The Morgan fingerprint density at radius 1 is 0.250 bits per heavy atom. The number of ether oxygens (including phenoxy) is 4. The summed E-state index contributed by atoms with van der Waals surface area (Å²) in [5.41, 5.74) is 0. The Kier molecular flexibility index (Phi) is 68.7. The average Bonchev–Trinajstić information content (AvgIpc) is 0.912. The maximum atomic E-state index is 13.1. The van der Waals surface area contributed by atoms with Gasteiger partial charge in [-0.05, 0) is 49.4 Å². The Hall–Kier alpha value is -1.94. The van der Waals surface area contributed by atoms with Crippen molar-refractivity contribution in [1.29, 1.82) is 0 Å². The van der Waals surface area contributed by atoms with E-state index in [1.165, 1.54) is 218 Å². The summed E-state index contributed by atoms with van der Waals surface area (Å²) >= 11 is 0. The summed E-state index contributed by atoms with van der Waals surface area (Å²) in [5, 5.41) is 10.6. The molecule has 100 heavy (non-hydrogen) atoms. The van der Waals surface area contributed by atoms with Gasteiger partial charge in [-0.15, -0.1) is 0 Å². The lowest BCUT2D eigenvalue weighted by Crippen LogP contribution is -2.30. The van der Waals surface area contributed by atoms with Crippen LogP contribution < -0.4 is 0 Å². The first kappa shape index (κ1) is 98.1. The molecule has 0 spiro atoms. The largest absolute Gasteiger partial charge is 0.472 e. The number of phosphoric acid groups is 2. The first-order valence-corrected chi connectivity index (χ1v) is 44.7. The van der Waals surface area contributed by atoms with E-state index in [0.717, 1.165) is 114 Å². The minimum absolute atomic E-state index is 0.106. The summed E-state index contributed by atoms with van der Waals surface area (Å²) < 4.78 is 68.7. The van der Waals surface area contributed by atoms with Crippen LogP contribution in [-0.4, -0.2) is 96.7 Å². The summed E-state index contributed by atoms with van der Waals surface area (Å²) in [6.45, 7) is 14.3. The Morgan fingerprint density at radius 3 is 0.620 bits per heavy atom. The molecule has 594 valence electrons. The number of hydrogen-bond acceptors (Lipinski definition) is 15. The van der Waals surface area contributed by atoms with Gasteiger partial charge in [-0.3, -0.25) is 37.3 Å². The third-order valence-corrected chi connectivity index (χ3v) is 20.7. The summed E-state index contributed by atoms with van der Waals surface area (Å²) in [5.74, 6) is 0.990.